The van der Waals surface area contributed by atoms with Gasteiger partial charge in [-0.2, -0.15) is 0 Å². The SMILES string of the molecule is O=[Si]([O-])[O-].O=[Si]([O-])[O-].[Al+3].[Fe+3].[OH-].[OH-]. The quantitative estimate of drug-likeness (QED) is 0.388. The maximum atomic E-state index is 8.52. The van der Waals surface area contributed by atoms with E-state index in [0.29, 0.717) is 0 Å². The molecule has 8 nitrogen and oxygen atoms in total. The maximum absolute atomic E-state index is 8.52. The van der Waals surface area contributed by atoms with Crippen LogP contribution >= 0.6 is 0 Å². The second-order valence-electron chi connectivity index (χ2n) is 0.500. The van der Waals surface area contributed by atoms with Crippen LogP contribution in [0.2, 0.25) is 0 Å². The summed E-state index contributed by atoms with van der Waals surface area (Å²) in [6.45, 7) is 0. The van der Waals surface area contributed by atoms with Crippen LogP contribution in [0.4, 0.5) is 0 Å². The number of hydrogen-bond donors (Lipinski definition) is 0. The minimum absolute atomic E-state index is 0. The van der Waals surface area contributed by atoms with Crippen molar-refractivity contribution < 1.29 is 56.1 Å². The van der Waals surface area contributed by atoms with Gasteiger partial charge in [0.05, 0.1) is 0 Å². The third kappa shape index (κ3) is 20400. The predicted octanol–water partition coefficient (Wildman–Crippen LogP) is -6.49. The summed E-state index contributed by atoms with van der Waals surface area (Å²) in [4.78, 5) is 34.1. The molecule has 0 atom stereocenters. The molecule has 0 saturated heterocycles. The van der Waals surface area contributed by atoms with Crippen LogP contribution < -0.4 is 19.2 Å². The summed E-state index contributed by atoms with van der Waals surface area (Å²) in [6.07, 6.45) is 0. The molecule has 0 bridgehead atoms. The first-order valence-corrected chi connectivity index (χ1v) is 3.67. The van der Waals surface area contributed by atoms with Crippen LogP contribution in [0.25, 0.3) is 0 Å². The molecule has 0 aliphatic rings. The standard InChI is InChI=1S/Al.Fe.2O3Si.2H2O/c;;2*1-4(2)3;;/h;;;;2*1H2/q2*+3;2*-2;;/p-2. The zero-order valence-corrected chi connectivity index (χ0v) is 9.53. The minimum atomic E-state index is -3.63. The molecule has 0 fully saturated rings. The molecule has 0 aromatic carbocycles. The topological polar surface area (TPSA) is 186 Å². The van der Waals surface area contributed by atoms with Gasteiger partial charge in [-0.15, -0.1) is 0 Å². The third-order valence-electron chi connectivity index (χ3n) is 0. The zero-order valence-electron chi connectivity index (χ0n) is 5.27. The smallest absolute Gasteiger partial charge is 0.870 e. The van der Waals surface area contributed by atoms with Gasteiger partial charge in [0.2, 0.25) is 0 Å². The van der Waals surface area contributed by atoms with Gasteiger partial charge in [-0.3, -0.25) is 0 Å². The van der Waals surface area contributed by atoms with Gasteiger partial charge in [0, 0.05) is 18.3 Å². The van der Waals surface area contributed by atoms with E-state index in [9.17, 15) is 0 Å². The summed E-state index contributed by atoms with van der Waals surface area (Å²) in [5.41, 5.74) is 0. The van der Waals surface area contributed by atoms with Crippen LogP contribution in [-0.4, -0.2) is 46.7 Å². The summed E-state index contributed by atoms with van der Waals surface area (Å²) in [7, 11) is -7.26. The molecule has 0 heterocycles. The van der Waals surface area contributed by atoms with Crippen molar-refractivity contribution in [2.45, 2.75) is 0 Å². The first kappa shape index (κ1) is 39.8. The van der Waals surface area contributed by atoms with Crippen LogP contribution in [0.15, 0.2) is 0 Å². The zero-order chi connectivity index (χ0) is 7.15. The molecule has 69 valence electrons. The Bertz CT molecular complexity index is 75.1. The molecule has 0 aromatic heterocycles. The van der Waals surface area contributed by atoms with Gasteiger partial charge >= 0.3 is 34.4 Å². The first-order chi connectivity index (χ1) is 3.46. The minimum Gasteiger partial charge on any atom is -0.870 e. The van der Waals surface area contributed by atoms with Crippen LogP contribution in [0.1, 0.15) is 0 Å². The Balaban J connectivity index is -0.0000000112. The van der Waals surface area contributed by atoms with E-state index in [4.69, 9.17) is 28.1 Å². The monoisotopic (exact) mass is 269 g/mol. The molecule has 0 aliphatic heterocycles. The Kier molecular flexibility index (Phi) is 101. The Morgan fingerprint density at radius 3 is 0.750 bits per heavy atom. The summed E-state index contributed by atoms with van der Waals surface area (Å²) < 4.78 is 17.0. The molecule has 12 heavy (non-hydrogen) atoms. The average molecular weight is 269 g/mol. The maximum Gasteiger partial charge on any atom is 3.00 e. The van der Waals surface area contributed by atoms with E-state index in [2.05, 4.69) is 0 Å². The van der Waals surface area contributed by atoms with E-state index in [1.807, 2.05) is 0 Å². The molecule has 0 unspecified atom stereocenters. The first-order valence-electron chi connectivity index (χ1n) is 1.22. The van der Waals surface area contributed by atoms with Crippen LogP contribution in [0.3, 0.4) is 0 Å². The Morgan fingerprint density at radius 2 is 0.750 bits per heavy atom. The number of hydrogen-bond acceptors (Lipinski definition) is 8. The summed E-state index contributed by atoms with van der Waals surface area (Å²) >= 11 is 0. The van der Waals surface area contributed by atoms with E-state index >= 15 is 0 Å². The molecule has 0 saturated carbocycles. The second kappa shape index (κ2) is 30.3. The van der Waals surface area contributed by atoms with Crippen molar-refractivity contribution in [3.05, 3.63) is 0 Å². The average Bonchev–Trinajstić information content (AvgIpc) is 1.25. The molecule has 0 aliphatic carbocycles. The van der Waals surface area contributed by atoms with Gasteiger partial charge in [0.1, 0.15) is 0 Å². The van der Waals surface area contributed by atoms with Gasteiger partial charge < -0.3 is 39.1 Å². The van der Waals surface area contributed by atoms with Gasteiger partial charge in [-0.05, 0) is 0 Å². The molecule has 0 amide bonds. The van der Waals surface area contributed by atoms with Crippen molar-refractivity contribution in [1.29, 1.82) is 0 Å². The van der Waals surface area contributed by atoms with E-state index in [0.717, 1.165) is 0 Å². The van der Waals surface area contributed by atoms with Crippen LogP contribution in [0, 0.1) is 0 Å². The summed E-state index contributed by atoms with van der Waals surface area (Å²) in [5, 5.41) is 0. The molecule has 0 spiro atoms. The molecular formula is H2AlFeO8Si2. The van der Waals surface area contributed by atoms with Crippen molar-refractivity contribution in [2.24, 2.45) is 0 Å². The van der Waals surface area contributed by atoms with Crippen molar-refractivity contribution in [2.75, 3.05) is 0 Å². The molecule has 12 heteroatoms. The van der Waals surface area contributed by atoms with Crippen LogP contribution in [-0.2, 0) is 26.0 Å². The normalized spacial score (nSPS) is 4.00. The summed E-state index contributed by atoms with van der Waals surface area (Å²) in [5.74, 6) is 0. The van der Waals surface area contributed by atoms with E-state index in [1.165, 1.54) is 0 Å². The molecule has 0 rings (SSSR count). The van der Waals surface area contributed by atoms with E-state index < -0.39 is 18.3 Å². The van der Waals surface area contributed by atoms with Crippen LogP contribution in [0.5, 0.6) is 0 Å². The Hall–Kier alpha value is 0.206. The van der Waals surface area contributed by atoms with E-state index in [-0.39, 0.29) is 45.4 Å². The summed E-state index contributed by atoms with van der Waals surface area (Å²) in [6, 6.07) is 0. The van der Waals surface area contributed by atoms with Gasteiger partial charge in [0.15, 0.2) is 0 Å². The molecule has 0 aromatic rings. The fourth-order valence-corrected chi connectivity index (χ4v) is 0. The Morgan fingerprint density at radius 1 is 0.750 bits per heavy atom. The van der Waals surface area contributed by atoms with E-state index in [1.54, 1.807) is 0 Å². The van der Waals surface area contributed by atoms with Gasteiger partial charge in [0.25, 0.3) is 0 Å². The predicted molar refractivity (Wildman–Crippen MR) is 22.5 cm³/mol. The fraction of sp³-hybridized carbons (Fsp3) is 0. The molecule has 1 radical (unpaired) electrons. The molecular weight excluding hydrogens is 267 g/mol. The molecule has 2 N–H and O–H groups in total. The fourth-order valence-electron chi connectivity index (χ4n) is 0. The van der Waals surface area contributed by atoms with Crippen molar-refractivity contribution in [3.63, 3.8) is 0 Å². The Labute approximate surface area is 91.9 Å². The van der Waals surface area contributed by atoms with Crippen molar-refractivity contribution in [3.8, 4) is 0 Å². The largest absolute Gasteiger partial charge is 3.00 e. The third-order valence-corrected chi connectivity index (χ3v) is 0. The van der Waals surface area contributed by atoms with Gasteiger partial charge in [-0.25, -0.2) is 0 Å². The van der Waals surface area contributed by atoms with Gasteiger partial charge in [-0.1, -0.05) is 0 Å². The van der Waals surface area contributed by atoms with Crippen molar-refractivity contribution in [1.82, 2.24) is 0 Å². The van der Waals surface area contributed by atoms with Crippen molar-refractivity contribution >= 4 is 35.7 Å². The second-order valence-corrected chi connectivity index (χ2v) is 1.50. The number of rotatable bonds is 0.